The summed E-state index contributed by atoms with van der Waals surface area (Å²) in [6.07, 6.45) is 8.83. The van der Waals surface area contributed by atoms with Crippen molar-refractivity contribution in [3.8, 4) is 0 Å². The molecule has 118 valence electrons. The lowest BCUT2D eigenvalue weighted by atomic mass is 10.0. The molecule has 2 aliphatic rings. The van der Waals surface area contributed by atoms with E-state index in [1.165, 1.54) is 36.3 Å². The van der Waals surface area contributed by atoms with Crippen molar-refractivity contribution in [2.75, 3.05) is 18.4 Å². The Bertz CT molecular complexity index is 448. The molecule has 1 aromatic rings. The highest BCUT2D eigenvalue weighted by atomic mass is 35.5. The van der Waals surface area contributed by atoms with E-state index in [0.717, 1.165) is 37.5 Å². The molecule has 1 aliphatic heterocycles. The first-order valence-corrected chi connectivity index (χ1v) is 8.62. The summed E-state index contributed by atoms with van der Waals surface area (Å²) in [4.78, 5) is 18.0. The zero-order chi connectivity index (χ0) is 13.8. The summed E-state index contributed by atoms with van der Waals surface area (Å²) in [6, 6.07) is 0. The number of anilines is 1. The van der Waals surface area contributed by atoms with Crippen LogP contribution in [0, 0.1) is 5.92 Å². The van der Waals surface area contributed by atoms with Crippen LogP contribution in [-0.4, -0.2) is 24.0 Å². The Morgan fingerprint density at radius 2 is 2.19 bits per heavy atom. The molecular weight excluding hydrogens is 306 g/mol. The van der Waals surface area contributed by atoms with Crippen LogP contribution < -0.4 is 10.6 Å². The summed E-state index contributed by atoms with van der Waals surface area (Å²) in [7, 11) is 0. The van der Waals surface area contributed by atoms with Gasteiger partial charge in [0.1, 0.15) is 0 Å². The van der Waals surface area contributed by atoms with Crippen molar-refractivity contribution in [3.63, 3.8) is 0 Å². The molecule has 2 heterocycles. The average Bonchev–Trinajstić information content (AvgIpc) is 3.03. The number of carbonyl (C=O) groups excluding carboxylic acids is 1. The highest BCUT2D eigenvalue weighted by Crippen LogP contribution is 2.29. The van der Waals surface area contributed by atoms with Gasteiger partial charge in [0.15, 0.2) is 5.13 Å². The van der Waals surface area contributed by atoms with E-state index in [1.807, 2.05) is 0 Å². The number of aromatic nitrogens is 1. The maximum absolute atomic E-state index is 12.0. The number of amides is 1. The van der Waals surface area contributed by atoms with Crippen molar-refractivity contribution in [1.29, 1.82) is 0 Å². The number of hydrogen-bond donors (Lipinski definition) is 2. The second kappa shape index (κ2) is 8.11. The van der Waals surface area contributed by atoms with Crippen molar-refractivity contribution in [1.82, 2.24) is 10.3 Å². The lowest BCUT2D eigenvalue weighted by molar-refractivity contribution is -0.116. The lowest BCUT2D eigenvalue weighted by Crippen LogP contribution is -2.14. The molecule has 0 aromatic carbocycles. The normalized spacial score (nSPS) is 21.2. The third-order valence-corrected chi connectivity index (χ3v) is 5.36. The number of carbonyl (C=O) groups is 1. The number of aryl methyl sites for hydroxylation is 2. The van der Waals surface area contributed by atoms with Gasteiger partial charge in [0.2, 0.25) is 5.91 Å². The van der Waals surface area contributed by atoms with Crippen molar-refractivity contribution >= 4 is 34.8 Å². The smallest absolute Gasteiger partial charge is 0.226 e. The monoisotopic (exact) mass is 329 g/mol. The van der Waals surface area contributed by atoms with E-state index in [0.29, 0.717) is 12.3 Å². The summed E-state index contributed by atoms with van der Waals surface area (Å²) < 4.78 is 0. The Hall–Kier alpha value is -0.650. The number of nitrogens with one attached hydrogen (secondary N) is 2. The van der Waals surface area contributed by atoms with Crippen molar-refractivity contribution < 1.29 is 4.79 Å². The van der Waals surface area contributed by atoms with E-state index in [4.69, 9.17) is 0 Å². The van der Waals surface area contributed by atoms with E-state index in [-0.39, 0.29) is 18.3 Å². The molecule has 1 atom stereocenters. The van der Waals surface area contributed by atoms with Gasteiger partial charge in [-0.2, -0.15) is 0 Å². The molecule has 0 saturated carbocycles. The zero-order valence-electron chi connectivity index (χ0n) is 12.3. The fourth-order valence-corrected chi connectivity index (χ4v) is 4.13. The molecule has 0 radical (unpaired) electrons. The molecule has 3 rings (SSSR count). The molecular formula is C15H24ClN3OS. The molecule has 0 bridgehead atoms. The number of rotatable bonds is 4. The fraction of sp³-hybridized carbons (Fsp3) is 0.733. The molecule has 1 fully saturated rings. The highest BCUT2D eigenvalue weighted by molar-refractivity contribution is 7.15. The number of thiazole rings is 1. The minimum Gasteiger partial charge on any atom is -0.316 e. The second-order valence-corrected chi connectivity index (χ2v) is 6.98. The van der Waals surface area contributed by atoms with Gasteiger partial charge >= 0.3 is 0 Å². The third-order valence-electron chi connectivity index (χ3n) is 4.28. The Morgan fingerprint density at radius 1 is 1.33 bits per heavy atom. The number of hydrogen-bond acceptors (Lipinski definition) is 4. The molecule has 1 aromatic heterocycles. The first-order chi connectivity index (χ1) is 9.81. The predicted octanol–water partition coefficient (Wildman–Crippen LogP) is 3.16. The van der Waals surface area contributed by atoms with Crippen LogP contribution in [0.5, 0.6) is 0 Å². The lowest BCUT2D eigenvalue weighted by Gasteiger charge is -2.07. The highest BCUT2D eigenvalue weighted by Gasteiger charge is 2.18. The van der Waals surface area contributed by atoms with Crippen molar-refractivity contribution in [2.45, 2.75) is 51.4 Å². The largest absolute Gasteiger partial charge is 0.316 e. The van der Waals surface area contributed by atoms with Gasteiger partial charge in [0, 0.05) is 11.3 Å². The minimum atomic E-state index is 0. The van der Waals surface area contributed by atoms with Gasteiger partial charge in [-0.3, -0.25) is 4.79 Å². The number of nitrogens with zero attached hydrogens (tertiary/aromatic N) is 1. The van der Waals surface area contributed by atoms with Crippen LogP contribution in [0.3, 0.4) is 0 Å². The Kier molecular flexibility index (Phi) is 6.45. The van der Waals surface area contributed by atoms with Gasteiger partial charge in [-0.15, -0.1) is 23.7 Å². The number of halogens is 1. The maximum atomic E-state index is 12.0. The van der Waals surface area contributed by atoms with Gasteiger partial charge in [0.25, 0.3) is 0 Å². The van der Waals surface area contributed by atoms with E-state index < -0.39 is 0 Å². The zero-order valence-corrected chi connectivity index (χ0v) is 14.0. The molecule has 21 heavy (non-hydrogen) atoms. The molecule has 1 amide bonds. The van der Waals surface area contributed by atoms with E-state index in [2.05, 4.69) is 15.6 Å². The molecule has 6 heteroatoms. The average molecular weight is 330 g/mol. The molecule has 1 unspecified atom stereocenters. The van der Waals surface area contributed by atoms with Crippen LogP contribution in [0.1, 0.15) is 49.1 Å². The first kappa shape index (κ1) is 16.7. The summed E-state index contributed by atoms with van der Waals surface area (Å²) in [5.74, 6) is 0.801. The maximum Gasteiger partial charge on any atom is 0.226 e. The van der Waals surface area contributed by atoms with Gasteiger partial charge < -0.3 is 10.6 Å². The van der Waals surface area contributed by atoms with Gasteiger partial charge in [-0.1, -0.05) is 6.42 Å². The third kappa shape index (κ3) is 4.66. The molecule has 1 aliphatic carbocycles. The van der Waals surface area contributed by atoms with Crippen molar-refractivity contribution in [2.24, 2.45) is 5.92 Å². The molecule has 1 saturated heterocycles. The number of fused-ring (bicyclic) bond motifs is 1. The quantitative estimate of drug-likeness (QED) is 0.834. The second-order valence-electron chi connectivity index (χ2n) is 5.90. The Balaban J connectivity index is 0.00000161. The van der Waals surface area contributed by atoms with Crippen molar-refractivity contribution in [3.05, 3.63) is 10.6 Å². The standard InChI is InChI=1S/C15H23N3OS.ClH/c19-14(7-6-11-8-9-16-10-11)18-15-17-12-4-2-1-3-5-13(12)20-15;/h11,16H,1-10H2,(H,17,18,19);1H. The van der Waals surface area contributed by atoms with Crippen LogP contribution in [0.15, 0.2) is 0 Å². The van der Waals surface area contributed by atoms with Crippen LogP contribution in [0.25, 0.3) is 0 Å². The Morgan fingerprint density at radius 3 is 3.00 bits per heavy atom. The predicted molar refractivity (Wildman–Crippen MR) is 89.5 cm³/mol. The van der Waals surface area contributed by atoms with Crippen LogP contribution in [0.2, 0.25) is 0 Å². The van der Waals surface area contributed by atoms with E-state index in [9.17, 15) is 4.79 Å². The first-order valence-electron chi connectivity index (χ1n) is 7.80. The summed E-state index contributed by atoms with van der Waals surface area (Å²) in [6.45, 7) is 2.17. The van der Waals surface area contributed by atoms with Gasteiger partial charge in [-0.25, -0.2) is 4.98 Å². The SMILES string of the molecule is Cl.O=C(CCC1CCNC1)Nc1nc2c(s1)CCCCC2. The summed E-state index contributed by atoms with van der Waals surface area (Å²) >= 11 is 1.68. The fourth-order valence-electron chi connectivity index (χ4n) is 3.06. The van der Waals surface area contributed by atoms with Gasteiger partial charge in [-0.05, 0) is 57.5 Å². The molecule has 4 nitrogen and oxygen atoms in total. The minimum absolute atomic E-state index is 0. The van der Waals surface area contributed by atoms with Crippen LogP contribution >= 0.6 is 23.7 Å². The van der Waals surface area contributed by atoms with Crippen LogP contribution in [-0.2, 0) is 17.6 Å². The van der Waals surface area contributed by atoms with Gasteiger partial charge in [0.05, 0.1) is 5.69 Å². The van der Waals surface area contributed by atoms with E-state index >= 15 is 0 Å². The van der Waals surface area contributed by atoms with Crippen LogP contribution in [0.4, 0.5) is 5.13 Å². The Labute approximate surface area is 136 Å². The van der Waals surface area contributed by atoms with E-state index in [1.54, 1.807) is 11.3 Å². The molecule has 2 N–H and O–H groups in total. The summed E-state index contributed by atoms with van der Waals surface area (Å²) in [5.41, 5.74) is 1.22. The topological polar surface area (TPSA) is 54.0 Å². The summed E-state index contributed by atoms with van der Waals surface area (Å²) in [5, 5.41) is 7.15. The molecule has 0 spiro atoms.